The molecule has 0 fully saturated rings. The monoisotopic (exact) mass is 457 g/mol. The van der Waals surface area contributed by atoms with Gasteiger partial charge in [0, 0.05) is 29.9 Å². The molecular weight excluding hydrogens is 429 g/mol. The zero-order valence-corrected chi connectivity index (χ0v) is 18.9. The average Bonchev–Trinajstić information content (AvgIpc) is 2.72. The number of nitrogens with one attached hydrogen (secondary N) is 2. The number of aromatic nitrogens is 1. The van der Waals surface area contributed by atoms with Crippen LogP contribution in [0.1, 0.15) is 55.7 Å². The Morgan fingerprint density at radius 3 is 2.43 bits per heavy atom. The summed E-state index contributed by atoms with van der Waals surface area (Å²) in [6, 6.07) is 9.65. The first kappa shape index (κ1) is 27.6. The molecule has 0 aliphatic rings. The molecule has 0 radical (unpaired) electrons. The Morgan fingerprint density at radius 2 is 1.90 bits per heavy atom. The summed E-state index contributed by atoms with van der Waals surface area (Å²) >= 11 is 0. The van der Waals surface area contributed by atoms with Gasteiger partial charge in [0.2, 0.25) is 0 Å². The number of pyridine rings is 1. The fourth-order valence-corrected chi connectivity index (χ4v) is 2.74. The average molecular weight is 458 g/mol. The largest absolute Gasteiger partial charge is 0.371 e. The van der Waals surface area contributed by atoms with Gasteiger partial charge in [0.25, 0.3) is 11.6 Å². The van der Waals surface area contributed by atoms with Gasteiger partial charge in [-0.25, -0.2) is 0 Å². The number of nitrogens with two attached hydrogens (primary N) is 1. The minimum Gasteiger partial charge on any atom is -0.371 e. The first-order valence-corrected chi connectivity index (χ1v) is 9.32. The maximum atomic E-state index is 12.4. The van der Waals surface area contributed by atoms with E-state index in [9.17, 15) is 14.9 Å². The highest BCUT2D eigenvalue weighted by molar-refractivity contribution is 5.95. The van der Waals surface area contributed by atoms with Crippen LogP contribution in [-0.2, 0) is 0 Å². The van der Waals surface area contributed by atoms with Gasteiger partial charge < -0.3 is 16.4 Å². The minimum absolute atomic E-state index is 0. The van der Waals surface area contributed by atoms with Crippen LogP contribution in [0.3, 0.4) is 0 Å². The molecule has 10 heteroatoms. The lowest BCUT2D eigenvalue weighted by Gasteiger charge is -2.26. The van der Waals surface area contributed by atoms with Gasteiger partial charge in [0.05, 0.1) is 16.7 Å². The van der Waals surface area contributed by atoms with Crippen molar-refractivity contribution < 1.29 is 9.72 Å². The minimum atomic E-state index is -0.504. The van der Waals surface area contributed by atoms with Gasteiger partial charge in [0.15, 0.2) is 0 Å². The fraction of sp³-hybridized carbons (Fsp3) is 0.400. The van der Waals surface area contributed by atoms with E-state index in [1.54, 1.807) is 24.4 Å². The van der Waals surface area contributed by atoms with Gasteiger partial charge in [-0.3, -0.25) is 19.9 Å². The normalized spacial score (nSPS) is 11.5. The Bertz CT molecular complexity index is 832. The smallest absolute Gasteiger partial charge is 0.293 e. The topological polar surface area (TPSA) is 123 Å². The summed E-state index contributed by atoms with van der Waals surface area (Å²) in [5.74, 6) is -0.385. The number of nitrogens with zero attached hydrogens (tertiary/aromatic N) is 2. The number of carbonyl (C=O) groups is 1. The van der Waals surface area contributed by atoms with Gasteiger partial charge in [0.1, 0.15) is 5.69 Å². The van der Waals surface area contributed by atoms with E-state index >= 15 is 0 Å². The quantitative estimate of drug-likeness (QED) is 0.381. The number of hydrogen-bond acceptors (Lipinski definition) is 6. The summed E-state index contributed by atoms with van der Waals surface area (Å²) in [6.45, 7) is 6.10. The van der Waals surface area contributed by atoms with Crippen LogP contribution in [0.15, 0.2) is 42.6 Å². The second-order valence-electron chi connectivity index (χ2n) is 6.86. The third-order valence-corrected chi connectivity index (χ3v) is 4.97. The van der Waals surface area contributed by atoms with E-state index in [4.69, 9.17) is 5.73 Å². The molecule has 1 heterocycles. The SMILES string of the molecule is CCC(N)(CC)CNC(=O)c1ccc(NC(C)c2ccccn2)c([N+](=O)[O-])c1.Cl.Cl. The Balaban J connectivity index is 0.00000420. The molecule has 0 aliphatic carbocycles. The van der Waals surface area contributed by atoms with Crippen molar-refractivity contribution in [3.05, 3.63) is 64.0 Å². The lowest BCUT2D eigenvalue weighted by Crippen LogP contribution is -2.49. The summed E-state index contributed by atoms with van der Waals surface area (Å²) in [5, 5.41) is 17.4. The summed E-state index contributed by atoms with van der Waals surface area (Å²) in [5.41, 5.74) is 6.85. The molecule has 0 saturated carbocycles. The van der Waals surface area contributed by atoms with Crippen LogP contribution >= 0.6 is 24.8 Å². The predicted octanol–water partition coefficient (Wildman–Crippen LogP) is 4.25. The molecule has 166 valence electrons. The lowest BCUT2D eigenvalue weighted by molar-refractivity contribution is -0.384. The molecule has 1 amide bonds. The molecular formula is C20H29Cl2N5O3. The van der Waals surface area contributed by atoms with Crippen LogP contribution in [0.2, 0.25) is 0 Å². The van der Waals surface area contributed by atoms with E-state index in [1.165, 1.54) is 6.07 Å². The van der Waals surface area contributed by atoms with Crippen LogP contribution in [0.4, 0.5) is 11.4 Å². The Labute approximate surface area is 189 Å². The zero-order valence-electron chi connectivity index (χ0n) is 17.3. The number of anilines is 1. The standard InChI is InChI=1S/C20H27N5O3.2ClH/c1-4-20(21,5-2)13-23-19(26)15-9-10-17(18(12-15)25(27)28)24-14(3)16-8-6-7-11-22-16;;/h6-12,14,24H,4-5,13,21H2,1-3H3,(H,23,26);2*1H. The van der Waals surface area contributed by atoms with E-state index in [0.717, 1.165) is 18.5 Å². The van der Waals surface area contributed by atoms with E-state index < -0.39 is 10.5 Å². The highest BCUT2D eigenvalue weighted by Crippen LogP contribution is 2.29. The van der Waals surface area contributed by atoms with Crippen LogP contribution in [0.5, 0.6) is 0 Å². The molecule has 1 unspecified atom stereocenters. The number of nitro benzene ring substituents is 1. The number of carbonyl (C=O) groups excluding carboxylic acids is 1. The molecule has 2 rings (SSSR count). The molecule has 2 aromatic rings. The molecule has 8 nitrogen and oxygen atoms in total. The number of nitro groups is 1. The highest BCUT2D eigenvalue weighted by atomic mass is 35.5. The van der Waals surface area contributed by atoms with Crippen molar-refractivity contribution in [3.63, 3.8) is 0 Å². The summed E-state index contributed by atoms with van der Waals surface area (Å²) < 4.78 is 0. The summed E-state index contributed by atoms with van der Waals surface area (Å²) in [6.07, 6.45) is 3.11. The van der Waals surface area contributed by atoms with Gasteiger partial charge in [-0.15, -0.1) is 24.8 Å². The van der Waals surface area contributed by atoms with E-state index in [0.29, 0.717) is 12.2 Å². The summed E-state index contributed by atoms with van der Waals surface area (Å²) in [4.78, 5) is 27.7. The molecule has 1 aromatic carbocycles. The molecule has 0 spiro atoms. The van der Waals surface area contributed by atoms with Crippen molar-refractivity contribution in [3.8, 4) is 0 Å². The van der Waals surface area contributed by atoms with Crippen molar-refractivity contribution in [2.75, 3.05) is 11.9 Å². The molecule has 1 atom stereocenters. The number of amides is 1. The molecule has 0 saturated heterocycles. The highest BCUT2D eigenvalue weighted by Gasteiger charge is 2.23. The first-order chi connectivity index (χ1) is 13.3. The first-order valence-electron chi connectivity index (χ1n) is 9.32. The van der Waals surface area contributed by atoms with Crippen LogP contribution in [-0.4, -0.2) is 27.9 Å². The zero-order chi connectivity index (χ0) is 20.7. The summed E-state index contributed by atoms with van der Waals surface area (Å²) in [7, 11) is 0. The van der Waals surface area contributed by atoms with Gasteiger partial charge in [-0.1, -0.05) is 19.9 Å². The van der Waals surface area contributed by atoms with Crippen molar-refractivity contribution in [1.82, 2.24) is 10.3 Å². The van der Waals surface area contributed by atoms with Crippen LogP contribution in [0, 0.1) is 10.1 Å². The maximum Gasteiger partial charge on any atom is 0.293 e. The van der Waals surface area contributed by atoms with E-state index in [2.05, 4.69) is 15.6 Å². The molecule has 0 aliphatic heterocycles. The molecule has 0 bridgehead atoms. The second kappa shape index (κ2) is 12.3. The fourth-order valence-electron chi connectivity index (χ4n) is 2.74. The number of halogens is 2. The van der Waals surface area contributed by atoms with Gasteiger partial charge >= 0.3 is 0 Å². The number of benzene rings is 1. The predicted molar refractivity (Wildman–Crippen MR) is 124 cm³/mol. The third-order valence-electron chi connectivity index (χ3n) is 4.97. The molecule has 1 aromatic heterocycles. The van der Waals surface area contributed by atoms with Crippen molar-refractivity contribution in [2.24, 2.45) is 5.73 Å². The third kappa shape index (κ3) is 7.12. The van der Waals surface area contributed by atoms with Gasteiger partial charge in [-0.2, -0.15) is 0 Å². The molecule has 4 N–H and O–H groups in total. The lowest BCUT2D eigenvalue weighted by atomic mass is 9.94. The van der Waals surface area contributed by atoms with Crippen molar-refractivity contribution >= 4 is 42.1 Å². The second-order valence-corrected chi connectivity index (χ2v) is 6.86. The Morgan fingerprint density at radius 1 is 1.23 bits per heavy atom. The van der Waals surface area contributed by atoms with E-state index in [1.807, 2.05) is 32.9 Å². The molecule has 30 heavy (non-hydrogen) atoms. The van der Waals surface area contributed by atoms with Crippen molar-refractivity contribution in [2.45, 2.75) is 45.2 Å². The van der Waals surface area contributed by atoms with E-state index in [-0.39, 0.29) is 48.0 Å². The van der Waals surface area contributed by atoms with Crippen LogP contribution < -0.4 is 16.4 Å². The number of hydrogen-bond donors (Lipinski definition) is 3. The Kier molecular flexibility index (Phi) is 11.3. The maximum absolute atomic E-state index is 12.4. The van der Waals surface area contributed by atoms with Crippen molar-refractivity contribution in [1.29, 1.82) is 0 Å². The number of rotatable bonds is 9. The van der Waals surface area contributed by atoms with Gasteiger partial charge in [-0.05, 0) is 44.0 Å². The Hall–Kier alpha value is -2.42. The van der Waals surface area contributed by atoms with Crippen LogP contribution in [0.25, 0.3) is 0 Å².